The first-order valence-electron chi connectivity index (χ1n) is 9.02. The molecule has 3 nitrogen and oxygen atoms in total. The second-order valence-corrected chi connectivity index (χ2v) is 8.03. The summed E-state index contributed by atoms with van der Waals surface area (Å²) in [7, 11) is 0. The smallest absolute Gasteiger partial charge is 0.288 e. The van der Waals surface area contributed by atoms with Crippen molar-refractivity contribution in [2.75, 3.05) is 0 Å². The Morgan fingerprint density at radius 2 is 1.92 bits per heavy atom. The number of carbonyl (C=O) groups excluding carboxylic acids is 1. The monoisotopic (exact) mass is 366 g/mol. The molecule has 2 aliphatic rings. The number of alkyl halides is 3. The number of nitrogens with zero attached hydrogens (tertiary/aromatic N) is 1. The van der Waals surface area contributed by atoms with Crippen LogP contribution in [-0.2, 0) is 11.2 Å². The quantitative estimate of drug-likeness (QED) is 0.852. The summed E-state index contributed by atoms with van der Waals surface area (Å²) in [5.41, 5.74) is 2.36. The van der Waals surface area contributed by atoms with Gasteiger partial charge in [-0.15, -0.1) is 0 Å². The van der Waals surface area contributed by atoms with Gasteiger partial charge in [0.05, 0.1) is 0 Å². The molecule has 0 radical (unpaired) electrons. The molecule has 0 spiro atoms. The molecule has 1 amide bonds. The highest BCUT2D eigenvalue weighted by Crippen LogP contribution is 2.49. The fourth-order valence-electron chi connectivity index (χ4n) is 4.44. The number of hydrogen-bond donors (Lipinski definition) is 1. The molecule has 0 aromatic heterocycles. The predicted molar refractivity (Wildman–Crippen MR) is 95.0 cm³/mol. The van der Waals surface area contributed by atoms with Crippen molar-refractivity contribution in [3.8, 4) is 0 Å². The normalized spacial score (nSPS) is 26.5. The van der Waals surface area contributed by atoms with E-state index in [-0.39, 0.29) is 12.3 Å². The minimum absolute atomic E-state index is 0.0576. The van der Waals surface area contributed by atoms with Gasteiger partial charge in [0.1, 0.15) is 6.04 Å². The number of rotatable bonds is 4. The lowest BCUT2D eigenvalue weighted by atomic mass is 9.67. The zero-order chi connectivity index (χ0) is 19.2. The molecule has 142 valence electrons. The van der Waals surface area contributed by atoms with E-state index >= 15 is 0 Å². The first kappa shape index (κ1) is 19.0. The highest BCUT2D eigenvalue weighted by molar-refractivity contribution is 5.79. The molecule has 1 unspecified atom stereocenters. The van der Waals surface area contributed by atoms with Crippen LogP contribution in [0.2, 0.25) is 0 Å². The van der Waals surface area contributed by atoms with Crippen LogP contribution in [0.4, 0.5) is 13.2 Å². The topological polar surface area (TPSA) is 32.3 Å². The van der Waals surface area contributed by atoms with E-state index < -0.39 is 23.2 Å². The lowest BCUT2D eigenvalue weighted by Gasteiger charge is -2.48. The van der Waals surface area contributed by atoms with Crippen molar-refractivity contribution in [1.29, 1.82) is 0 Å². The van der Waals surface area contributed by atoms with Crippen molar-refractivity contribution in [3.05, 3.63) is 41.5 Å². The average Bonchev–Trinajstić information content (AvgIpc) is 2.78. The number of amides is 1. The second-order valence-electron chi connectivity index (χ2n) is 8.03. The molecule has 1 N–H and O–H groups in total. The maximum Gasteiger partial charge on any atom is 0.406 e. The fourth-order valence-corrected chi connectivity index (χ4v) is 4.44. The van der Waals surface area contributed by atoms with Gasteiger partial charge in [-0.05, 0) is 37.8 Å². The molecule has 0 bridgehead atoms. The summed E-state index contributed by atoms with van der Waals surface area (Å²) in [5, 5.41) is 1.16. The Labute approximate surface area is 152 Å². The number of benzene rings is 1. The Morgan fingerprint density at radius 1 is 1.23 bits per heavy atom. The second kappa shape index (κ2) is 6.41. The fraction of sp³-hybridized carbons (Fsp3) is 0.550. The Kier molecular flexibility index (Phi) is 4.67. The van der Waals surface area contributed by atoms with Gasteiger partial charge in [-0.2, -0.15) is 13.2 Å². The van der Waals surface area contributed by atoms with E-state index in [1.165, 1.54) is 0 Å². The largest absolute Gasteiger partial charge is 0.406 e. The molecule has 1 heterocycles. The van der Waals surface area contributed by atoms with E-state index in [1.807, 2.05) is 31.2 Å². The zero-order valence-electron chi connectivity index (χ0n) is 15.4. The molecule has 1 saturated heterocycles. The van der Waals surface area contributed by atoms with Crippen molar-refractivity contribution < 1.29 is 18.0 Å². The van der Waals surface area contributed by atoms with Gasteiger partial charge in [0.15, 0.2) is 0 Å². The van der Waals surface area contributed by atoms with Crippen LogP contribution in [0.3, 0.4) is 0 Å². The van der Waals surface area contributed by atoms with Crippen LogP contribution < -0.4 is 5.43 Å². The van der Waals surface area contributed by atoms with Crippen LogP contribution >= 0.6 is 0 Å². The highest BCUT2D eigenvalue weighted by Gasteiger charge is 2.60. The third-order valence-corrected chi connectivity index (χ3v) is 5.49. The molecule has 1 aromatic carbocycles. The van der Waals surface area contributed by atoms with Gasteiger partial charge in [0, 0.05) is 17.4 Å². The summed E-state index contributed by atoms with van der Waals surface area (Å²) in [6.07, 6.45) is 0.435. The molecule has 0 saturated carbocycles. The summed E-state index contributed by atoms with van der Waals surface area (Å²) in [4.78, 5) is 11.9. The Hall–Kier alpha value is -1.82. The van der Waals surface area contributed by atoms with E-state index in [0.29, 0.717) is 19.3 Å². The van der Waals surface area contributed by atoms with Crippen LogP contribution in [0.25, 0.3) is 6.08 Å². The first-order valence-corrected chi connectivity index (χ1v) is 9.02. The predicted octanol–water partition coefficient (Wildman–Crippen LogP) is 4.49. The summed E-state index contributed by atoms with van der Waals surface area (Å²) < 4.78 is 43.0. The molecule has 26 heavy (non-hydrogen) atoms. The van der Waals surface area contributed by atoms with E-state index in [9.17, 15) is 18.0 Å². The van der Waals surface area contributed by atoms with Crippen LogP contribution in [0.15, 0.2) is 30.3 Å². The third kappa shape index (κ3) is 3.27. The summed E-state index contributed by atoms with van der Waals surface area (Å²) in [6, 6.07) is 5.79. The molecule has 2 atom stereocenters. The molecule has 6 heteroatoms. The van der Waals surface area contributed by atoms with Crippen molar-refractivity contribution in [1.82, 2.24) is 10.4 Å². The van der Waals surface area contributed by atoms with Gasteiger partial charge in [-0.3, -0.25) is 10.2 Å². The zero-order valence-corrected chi connectivity index (χ0v) is 15.4. The van der Waals surface area contributed by atoms with Crippen LogP contribution in [0, 0.1) is 5.41 Å². The molecule has 1 aromatic rings. The lowest BCUT2D eigenvalue weighted by Crippen LogP contribution is -2.63. The number of hydrazine groups is 1. The van der Waals surface area contributed by atoms with Gasteiger partial charge in [-0.25, -0.2) is 5.01 Å². The number of carbonyl (C=O) groups is 1. The van der Waals surface area contributed by atoms with Crippen molar-refractivity contribution in [2.24, 2.45) is 5.41 Å². The Balaban J connectivity index is 2.10. The first-order chi connectivity index (χ1) is 12.1. The van der Waals surface area contributed by atoms with Gasteiger partial charge in [0.2, 0.25) is 5.91 Å². The van der Waals surface area contributed by atoms with Gasteiger partial charge < -0.3 is 0 Å². The lowest BCUT2D eigenvalue weighted by molar-refractivity contribution is -0.227. The van der Waals surface area contributed by atoms with Crippen molar-refractivity contribution >= 4 is 12.0 Å². The number of nitrogens with one attached hydrogen (secondary N) is 1. The Bertz CT molecular complexity index is 726. The molecule has 1 aliphatic heterocycles. The molecule has 3 rings (SSSR count). The molecular weight excluding hydrogens is 341 g/mol. The van der Waals surface area contributed by atoms with Crippen LogP contribution in [0.5, 0.6) is 0 Å². The van der Waals surface area contributed by atoms with E-state index in [1.54, 1.807) is 26.0 Å². The van der Waals surface area contributed by atoms with Crippen molar-refractivity contribution in [3.63, 3.8) is 0 Å². The van der Waals surface area contributed by atoms with Gasteiger partial charge in [-0.1, -0.05) is 49.8 Å². The van der Waals surface area contributed by atoms with Gasteiger partial charge in [0.25, 0.3) is 0 Å². The van der Waals surface area contributed by atoms with Crippen LogP contribution in [-0.4, -0.2) is 28.7 Å². The SMILES string of the molecule is CCCC1([C@H](N2NC(=O)CC2(C)C)C(F)(F)F)C=Cc2ccccc2C1. The minimum Gasteiger partial charge on any atom is -0.288 e. The third-order valence-electron chi connectivity index (χ3n) is 5.49. The van der Waals surface area contributed by atoms with E-state index in [2.05, 4.69) is 5.43 Å². The van der Waals surface area contributed by atoms with Gasteiger partial charge >= 0.3 is 6.18 Å². The van der Waals surface area contributed by atoms with E-state index in [4.69, 9.17) is 0 Å². The maximum atomic E-state index is 14.3. The van der Waals surface area contributed by atoms with E-state index in [0.717, 1.165) is 16.1 Å². The molecule has 1 fully saturated rings. The summed E-state index contributed by atoms with van der Waals surface area (Å²) in [6.45, 7) is 5.27. The van der Waals surface area contributed by atoms with Crippen molar-refractivity contribution in [2.45, 2.75) is 64.2 Å². The van der Waals surface area contributed by atoms with Crippen LogP contribution in [0.1, 0.15) is 51.2 Å². The highest BCUT2D eigenvalue weighted by atomic mass is 19.4. The standard InChI is InChI=1S/C20H25F3N2O/c1-4-10-19(11-9-14-7-5-6-8-15(14)12-19)17(20(21,22)23)25-18(2,3)13-16(26)24-25/h5-9,11,17H,4,10,12-13H2,1-3H3,(H,24,26)/t17-,19?/m0/s1. The summed E-state index contributed by atoms with van der Waals surface area (Å²) in [5.74, 6) is -0.365. The average molecular weight is 366 g/mol. The molecular formula is C20H25F3N2O. The number of hydrogen-bond acceptors (Lipinski definition) is 2. The maximum absolute atomic E-state index is 14.3. The number of halogens is 3. The Morgan fingerprint density at radius 3 is 2.50 bits per heavy atom. The minimum atomic E-state index is -4.47. The molecule has 1 aliphatic carbocycles. The summed E-state index contributed by atoms with van der Waals surface area (Å²) >= 11 is 0. The number of fused-ring (bicyclic) bond motifs is 1.